The third-order valence-electron chi connectivity index (χ3n) is 16.4. The van der Waals surface area contributed by atoms with Crippen molar-refractivity contribution in [1.29, 1.82) is 0 Å². The fraction of sp³-hybridized carbons (Fsp3) is 0.0127. The van der Waals surface area contributed by atoms with Crippen molar-refractivity contribution in [2.45, 2.75) is 6.92 Å². The number of rotatable bonds is 12. The molecule has 0 saturated heterocycles. The van der Waals surface area contributed by atoms with Crippen molar-refractivity contribution in [3.05, 3.63) is 316 Å². The summed E-state index contributed by atoms with van der Waals surface area (Å²) in [6.07, 6.45) is 8.14. The largest absolute Gasteiger partial charge is 0.456 e. The van der Waals surface area contributed by atoms with Crippen LogP contribution in [-0.2, 0) is 0 Å². The number of nitrogens with zero attached hydrogens (tertiary/aromatic N) is 3. The molecule has 0 atom stereocenters. The molecule has 0 fully saturated rings. The van der Waals surface area contributed by atoms with Gasteiger partial charge in [-0.2, -0.15) is 0 Å². The fourth-order valence-electron chi connectivity index (χ4n) is 12.7. The van der Waals surface area contributed by atoms with Crippen molar-refractivity contribution in [3.63, 3.8) is 0 Å². The van der Waals surface area contributed by atoms with Gasteiger partial charge in [0.15, 0.2) is 0 Å². The summed E-state index contributed by atoms with van der Waals surface area (Å²) in [5.74, 6) is 0. The van der Waals surface area contributed by atoms with Gasteiger partial charge < -0.3 is 18.8 Å². The third kappa shape index (κ3) is 8.55. The van der Waals surface area contributed by atoms with Crippen molar-refractivity contribution in [1.82, 2.24) is 4.57 Å². The summed E-state index contributed by atoms with van der Waals surface area (Å²) in [7, 11) is 0. The number of allylic oxidation sites excluding steroid dienone is 4. The summed E-state index contributed by atoms with van der Waals surface area (Å²) in [4.78, 5) is 4.67. The summed E-state index contributed by atoms with van der Waals surface area (Å²) in [6, 6.07) is 101. The van der Waals surface area contributed by atoms with E-state index in [-0.39, 0.29) is 0 Å². The van der Waals surface area contributed by atoms with Crippen LogP contribution >= 0.6 is 0 Å². The van der Waals surface area contributed by atoms with Gasteiger partial charge in [-0.1, -0.05) is 195 Å². The van der Waals surface area contributed by atoms with E-state index < -0.39 is 0 Å². The molecule has 0 N–H and O–H groups in total. The van der Waals surface area contributed by atoms with E-state index in [1.807, 2.05) is 18.2 Å². The quantitative estimate of drug-likeness (QED) is 0.0900. The van der Waals surface area contributed by atoms with Gasteiger partial charge in [0.1, 0.15) is 11.2 Å². The number of furan rings is 1. The first-order chi connectivity index (χ1) is 41.1. The lowest BCUT2D eigenvalue weighted by molar-refractivity contribution is 0.669. The van der Waals surface area contributed by atoms with Gasteiger partial charge in [-0.3, -0.25) is 0 Å². The molecule has 13 aromatic carbocycles. The zero-order valence-corrected chi connectivity index (χ0v) is 45.8. The zero-order valence-electron chi connectivity index (χ0n) is 45.8. The number of hydrogen-bond donors (Lipinski definition) is 0. The second-order valence-corrected chi connectivity index (χ2v) is 21.2. The van der Waals surface area contributed by atoms with Crippen LogP contribution in [-0.4, -0.2) is 4.57 Å². The number of anilines is 5. The van der Waals surface area contributed by atoms with E-state index in [1.165, 1.54) is 54.2 Å². The highest BCUT2D eigenvalue weighted by Crippen LogP contribution is 2.44. The Morgan fingerprint density at radius 2 is 0.867 bits per heavy atom. The molecular formula is C79H55N3O. The van der Waals surface area contributed by atoms with Gasteiger partial charge in [-0.25, -0.2) is 0 Å². The molecule has 392 valence electrons. The monoisotopic (exact) mass is 1060 g/mol. The van der Waals surface area contributed by atoms with Crippen LogP contribution in [0.2, 0.25) is 0 Å². The molecule has 0 bridgehead atoms. The normalized spacial score (nSPS) is 12.0. The van der Waals surface area contributed by atoms with E-state index >= 15 is 0 Å². The molecule has 2 heterocycles. The van der Waals surface area contributed by atoms with E-state index in [2.05, 4.69) is 313 Å². The van der Waals surface area contributed by atoms with Gasteiger partial charge in [0.05, 0.1) is 11.0 Å². The van der Waals surface area contributed by atoms with Gasteiger partial charge in [0.25, 0.3) is 0 Å². The van der Waals surface area contributed by atoms with Crippen molar-refractivity contribution in [2.75, 3.05) is 9.80 Å². The number of fused-ring (bicyclic) bond motifs is 12. The van der Waals surface area contributed by atoms with Gasteiger partial charge in [-0.15, -0.1) is 0 Å². The number of para-hydroxylation sites is 2. The summed E-state index contributed by atoms with van der Waals surface area (Å²) in [5.41, 5.74) is 18.4. The van der Waals surface area contributed by atoms with E-state index in [0.717, 1.165) is 95.0 Å². The number of hydrogen-bond acceptors (Lipinski definition) is 3. The van der Waals surface area contributed by atoms with Crippen molar-refractivity contribution < 1.29 is 4.42 Å². The summed E-state index contributed by atoms with van der Waals surface area (Å²) < 4.78 is 8.74. The summed E-state index contributed by atoms with van der Waals surface area (Å²) >= 11 is 0. The van der Waals surface area contributed by atoms with Gasteiger partial charge in [0.2, 0.25) is 0 Å². The van der Waals surface area contributed by atoms with Crippen LogP contribution in [0.3, 0.4) is 0 Å². The second kappa shape index (κ2) is 20.6. The molecule has 4 heteroatoms. The van der Waals surface area contributed by atoms with Crippen molar-refractivity contribution in [2.24, 2.45) is 0 Å². The van der Waals surface area contributed by atoms with Crippen molar-refractivity contribution in [3.8, 4) is 39.1 Å². The summed E-state index contributed by atoms with van der Waals surface area (Å²) in [6.45, 7) is 6.18. The maximum absolute atomic E-state index is 6.28. The topological polar surface area (TPSA) is 24.6 Å². The Morgan fingerprint density at radius 1 is 0.373 bits per heavy atom. The van der Waals surface area contributed by atoms with E-state index in [4.69, 9.17) is 4.42 Å². The van der Waals surface area contributed by atoms with E-state index in [9.17, 15) is 0 Å². The molecule has 83 heavy (non-hydrogen) atoms. The van der Waals surface area contributed by atoms with Crippen LogP contribution in [0, 0.1) is 0 Å². The molecule has 0 amide bonds. The minimum absolute atomic E-state index is 0.886. The fourth-order valence-corrected chi connectivity index (χ4v) is 12.7. The molecule has 0 unspecified atom stereocenters. The van der Waals surface area contributed by atoms with Gasteiger partial charge in [0, 0.05) is 61.4 Å². The lowest BCUT2D eigenvalue weighted by atomic mass is 9.94. The van der Waals surface area contributed by atoms with E-state index in [1.54, 1.807) is 0 Å². The Morgan fingerprint density at radius 3 is 1.53 bits per heavy atom. The maximum atomic E-state index is 6.28. The molecule has 15 rings (SSSR count). The standard InChI is InChI=1S/C79H55N3O/c1-3-18-58(19-4-2)80(61-43-36-56(37-44-61)65-29-17-31-78-79(65)71-28-15-16-30-77(71)83-78)60-41-34-55(35-42-60)57-38-48-75-73(50-57)74-52-63(81(59-22-9-6-10-23-59)62-39-32-54(33-40-62)53-20-7-5-8-21-53)46-49-76(74)82(75)64-45-47-70-68-26-12-11-24-66(68)67-25-13-14-27-69(67)72(70)51-64/h3-52H,1H2,2H3/b19-4-,58-18+. The van der Waals surface area contributed by atoms with E-state index in [0.29, 0.717) is 0 Å². The SMILES string of the molecule is C=C/C=C(\C=C/C)N(c1ccc(-c2ccc3c(c2)c2cc(N(c4ccccc4)c4ccc(-c5ccccc5)cc4)ccc2n3-c2ccc3c4ccccc4c4ccccc4c3c2)cc1)c1ccc(-c2cccc3oc4ccccc4c23)cc1. The lowest BCUT2D eigenvalue weighted by Crippen LogP contribution is -2.15. The highest BCUT2D eigenvalue weighted by Gasteiger charge is 2.21. The molecule has 0 aliphatic carbocycles. The van der Waals surface area contributed by atoms with Crippen LogP contribution in [0.1, 0.15) is 6.92 Å². The van der Waals surface area contributed by atoms with Crippen molar-refractivity contribution >= 4 is 104 Å². The van der Waals surface area contributed by atoms with Crippen LogP contribution in [0.5, 0.6) is 0 Å². The first-order valence-electron chi connectivity index (χ1n) is 28.4. The Kier molecular flexibility index (Phi) is 12.2. The zero-order chi connectivity index (χ0) is 55.4. The number of aromatic nitrogens is 1. The molecule has 0 spiro atoms. The van der Waals surface area contributed by atoms with Crippen LogP contribution in [0.15, 0.2) is 320 Å². The molecule has 4 nitrogen and oxygen atoms in total. The first-order valence-corrected chi connectivity index (χ1v) is 28.4. The minimum Gasteiger partial charge on any atom is -0.456 e. The average Bonchev–Trinajstić information content (AvgIpc) is 3.19. The molecular weight excluding hydrogens is 1010 g/mol. The Bertz CT molecular complexity index is 4990. The predicted molar refractivity (Wildman–Crippen MR) is 353 cm³/mol. The van der Waals surface area contributed by atoms with Gasteiger partial charge >= 0.3 is 0 Å². The number of benzene rings is 13. The Hall–Kier alpha value is -10.9. The van der Waals surface area contributed by atoms with Crippen LogP contribution in [0.25, 0.3) is 115 Å². The van der Waals surface area contributed by atoms with Gasteiger partial charge in [-0.05, 0) is 188 Å². The smallest absolute Gasteiger partial charge is 0.136 e. The Balaban J connectivity index is 0.866. The minimum atomic E-state index is 0.886. The first kappa shape index (κ1) is 49.1. The van der Waals surface area contributed by atoms with Crippen LogP contribution in [0.4, 0.5) is 28.4 Å². The highest BCUT2D eigenvalue weighted by atomic mass is 16.3. The highest BCUT2D eigenvalue weighted by molar-refractivity contribution is 6.26. The molecule has 0 aliphatic rings. The van der Waals surface area contributed by atoms with Crippen LogP contribution < -0.4 is 9.80 Å². The lowest BCUT2D eigenvalue weighted by Gasteiger charge is -2.27. The molecule has 0 radical (unpaired) electrons. The molecule has 0 saturated carbocycles. The molecule has 15 aromatic rings. The predicted octanol–water partition coefficient (Wildman–Crippen LogP) is 22.4. The average molecular weight is 1060 g/mol. The third-order valence-corrected chi connectivity index (χ3v) is 16.4. The Labute approximate surface area is 482 Å². The molecule has 2 aromatic heterocycles. The molecule has 0 aliphatic heterocycles. The summed E-state index contributed by atoms with van der Waals surface area (Å²) in [5, 5.41) is 12.1. The second-order valence-electron chi connectivity index (χ2n) is 21.2. The maximum Gasteiger partial charge on any atom is 0.136 e.